The molecule has 0 atom stereocenters. The molecule has 94 valence electrons. The number of fused-ring (bicyclic) bond motifs is 1. The summed E-state index contributed by atoms with van der Waals surface area (Å²) in [6, 6.07) is 0. The lowest BCUT2D eigenvalue weighted by atomic mass is 10.1. The summed E-state index contributed by atoms with van der Waals surface area (Å²) in [5, 5.41) is 0.420. The second-order valence-electron chi connectivity index (χ2n) is 3.95. The fourth-order valence-electron chi connectivity index (χ4n) is 1.81. The molecule has 0 fully saturated rings. The number of hydrogen-bond acceptors (Lipinski definition) is 4. The zero-order chi connectivity index (χ0) is 13.1. The van der Waals surface area contributed by atoms with Gasteiger partial charge in [0.25, 0.3) is 0 Å². The normalized spacial score (nSPS) is 12.3. The van der Waals surface area contributed by atoms with Gasteiger partial charge in [-0.25, -0.2) is 0 Å². The molecule has 0 radical (unpaired) electrons. The number of hydrogen-bond donors (Lipinski definition) is 0. The number of halogens is 1. The number of nitrogens with zero attached hydrogens (tertiary/aromatic N) is 1. The molecule has 0 bridgehead atoms. The van der Waals surface area contributed by atoms with Gasteiger partial charge >= 0.3 is 5.97 Å². The fraction of sp³-hybridized carbons (Fsp3) is 0.308. The molecule has 1 aliphatic rings. The number of rotatable bonds is 4. The van der Waals surface area contributed by atoms with Gasteiger partial charge in [0.1, 0.15) is 0 Å². The molecular formula is C13H12ClNO3. The third-order valence-electron chi connectivity index (χ3n) is 2.81. The third kappa shape index (κ3) is 2.43. The molecule has 2 rings (SSSR count). The molecule has 0 aliphatic heterocycles. The first-order valence-corrected chi connectivity index (χ1v) is 5.95. The minimum atomic E-state index is -0.409. The molecule has 0 saturated heterocycles. The molecule has 1 heterocycles. The Morgan fingerprint density at radius 1 is 1.44 bits per heavy atom. The smallest absolute Gasteiger partial charge is 0.305 e. The molecule has 0 amide bonds. The Balaban J connectivity index is 2.16. The van der Waals surface area contributed by atoms with Crippen molar-refractivity contribution in [3.63, 3.8) is 0 Å². The average molecular weight is 266 g/mol. The van der Waals surface area contributed by atoms with E-state index in [1.807, 2.05) is 12.2 Å². The Kier molecular flexibility index (Phi) is 3.77. The molecular weight excluding hydrogens is 254 g/mol. The number of methoxy groups -OCH3 is 1. The van der Waals surface area contributed by atoms with E-state index < -0.39 is 5.97 Å². The van der Waals surface area contributed by atoms with Crippen molar-refractivity contribution < 1.29 is 14.3 Å². The lowest BCUT2D eigenvalue weighted by molar-refractivity contribution is -0.140. The van der Waals surface area contributed by atoms with E-state index in [2.05, 4.69) is 9.72 Å². The number of pyridine rings is 1. The predicted molar refractivity (Wildman–Crippen MR) is 67.6 cm³/mol. The highest BCUT2D eigenvalue weighted by Gasteiger charge is 2.19. The van der Waals surface area contributed by atoms with Crippen molar-refractivity contribution in [2.24, 2.45) is 0 Å². The van der Waals surface area contributed by atoms with Crippen LogP contribution in [0, 0.1) is 0 Å². The highest BCUT2D eigenvalue weighted by molar-refractivity contribution is 6.35. The van der Waals surface area contributed by atoms with Crippen LogP contribution in [0.3, 0.4) is 0 Å². The predicted octanol–water partition coefficient (Wildman–Crippen LogP) is 2.44. The summed E-state index contributed by atoms with van der Waals surface area (Å²) < 4.78 is 4.49. The van der Waals surface area contributed by atoms with Gasteiger partial charge < -0.3 is 4.74 Å². The lowest BCUT2D eigenvalue weighted by Crippen LogP contribution is -2.08. The Bertz CT molecular complexity index is 537. The van der Waals surface area contributed by atoms with E-state index in [1.165, 1.54) is 13.3 Å². The van der Waals surface area contributed by atoms with Crippen molar-refractivity contribution in [2.75, 3.05) is 7.11 Å². The van der Waals surface area contributed by atoms with Crippen LogP contribution in [0.4, 0.5) is 0 Å². The van der Waals surface area contributed by atoms with Crippen LogP contribution < -0.4 is 0 Å². The lowest BCUT2D eigenvalue weighted by Gasteiger charge is -2.06. The van der Waals surface area contributed by atoms with Gasteiger partial charge in [-0.1, -0.05) is 23.8 Å². The SMILES string of the molecule is COC(=O)CCC(=O)c1cnc2c(c1Cl)C=CC2. The van der Waals surface area contributed by atoms with Gasteiger partial charge in [0, 0.05) is 24.6 Å². The minimum absolute atomic E-state index is 0.0542. The molecule has 0 unspecified atom stereocenters. The van der Waals surface area contributed by atoms with Crippen molar-refractivity contribution in [2.45, 2.75) is 19.3 Å². The van der Waals surface area contributed by atoms with Crippen LogP contribution in [-0.2, 0) is 16.0 Å². The van der Waals surface area contributed by atoms with E-state index in [4.69, 9.17) is 11.6 Å². The molecule has 1 aromatic rings. The van der Waals surface area contributed by atoms with Crippen molar-refractivity contribution in [1.29, 1.82) is 0 Å². The molecule has 0 saturated carbocycles. The number of aromatic nitrogens is 1. The number of allylic oxidation sites excluding steroid dienone is 1. The van der Waals surface area contributed by atoms with Crippen molar-refractivity contribution in [3.05, 3.63) is 34.1 Å². The summed E-state index contributed by atoms with van der Waals surface area (Å²) in [6.07, 6.45) is 6.17. The first kappa shape index (κ1) is 12.8. The van der Waals surface area contributed by atoms with E-state index in [0.717, 1.165) is 17.7 Å². The van der Waals surface area contributed by atoms with Gasteiger partial charge in [0.15, 0.2) is 5.78 Å². The molecule has 4 nitrogen and oxygen atoms in total. The van der Waals surface area contributed by atoms with Crippen LogP contribution >= 0.6 is 11.6 Å². The van der Waals surface area contributed by atoms with E-state index in [1.54, 1.807) is 0 Å². The second kappa shape index (κ2) is 5.31. The summed E-state index contributed by atoms with van der Waals surface area (Å²) in [4.78, 5) is 27.1. The second-order valence-corrected chi connectivity index (χ2v) is 4.33. The Labute approximate surface area is 110 Å². The number of ether oxygens (including phenoxy) is 1. The summed E-state index contributed by atoms with van der Waals surface area (Å²) in [5.41, 5.74) is 2.05. The first-order valence-electron chi connectivity index (χ1n) is 5.57. The summed E-state index contributed by atoms with van der Waals surface area (Å²) in [5.74, 6) is -0.602. The summed E-state index contributed by atoms with van der Waals surface area (Å²) in [6.45, 7) is 0. The van der Waals surface area contributed by atoms with E-state index in [0.29, 0.717) is 10.6 Å². The molecule has 1 aliphatic carbocycles. The summed E-state index contributed by atoms with van der Waals surface area (Å²) >= 11 is 6.17. The van der Waals surface area contributed by atoms with Gasteiger partial charge in [0.05, 0.1) is 29.8 Å². The molecule has 0 aromatic carbocycles. The zero-order valence-corrected chi connectivity index (χ0v) is 10.7. The van der Waals surface area contributed by atoms with E-state index >= 15 is 0 Å². The Morgan fingerprint density at radius 3 is 2.94 bits per heavy atom. The maximum Gasteiger partial charge on any atom is 0.305 e. The monoisotopic (exact) mass is 265 g/mol. The molecule has 18 heavy (non-hydrogen) atoms. The van der Waals surface area contributed by atoms with E-state index in [9.17, 15) is 9.59 Å². The number of Topliss-reactive ketones (excluding diaryl/α,β-unsaturated/α-hetero) is 1. The largest absolute Gasteiger partial charge is 0.469 e. The third-order valence-corrected chi connectivity index (χ3v) is 3.22. The molecule has 0 spiro atoms. The van der Waals surface area contributed by atoms with Gasteiger partial charge in [0.2, 0.25) is 0 Å². The van der Waals surface area contributed by atoms with E-state index in [-0.39, 0.29) is 18.6 Å². The Hall–Kier alpha value is -1.68. The maximum absolute atomic E-state index is 11.9. The number of carbonyl (C=O) groups excluding carboxylic acids is 2. The Morgan fingerprint density at radius 2 is 2.22 bits per heavy atom. The zero-order valence-electron chi connectivity index (χ0n) is 9.90. The average Bonchev–Trinajstić information content (AvgIpc) is 2.85. The van der Waals surface area contributed by atoms with Crippen LogP contribution in [0.25, 0.3) is 6.08 Å². The van der Waals surface area contributed by atoms with Crippen LogP contribution in [-0.4, -0.2) is 23.8 Å². The van der Waals surface area contributed by atoms with Crippen LogP contribution in [0.15, 0.2) is 12.3 Å². The van der Waals surface area contributed by atoms with Gasteiger partial charge in [-0.15, -0.1) is 0 Å². The summed E-state index contributed by atoms with van der Waals surface area (Å²) in [7, 11) is 1.29. The molecule has 5 heteroatoms. The van der Waals surface area contributed by atoms with Crippen molar-refractivity contribution >= 4 is 29.4 Å². The number of carbonyl (C=O) groups is 2. The highest BCUT2D eigenvalue weighted by atomic mass is 35.5. The number of ketones is 1. The van der Waals surface area contributed by atoms with Crippen molar-refractivity contribution in [1.82, 2.24) is 4.98 Å². The van der Waals surface area contributed by atoms with Crippen LogP contribution in [0.1, 0.15) is 34.5 Å². The van der Waals surface area contributed by atoms with Gasteiger partial charge in [-0.3, -0.25) is 14.6 Å². The molecule has 1 aromatic heterocycles. The topological polar surface area (TPSA) is 56.3 Å². The van der Waals surface area contributed by atoms with Gasteiger partial charge in [-0.05, 0) is 0 Å². The maximum atomic E-state index is 11.9. The molecule has 0 N–H and O–H groups in total. The fourth-order valence-corrected chi connectivity index (χ4v) is 2.13. The highest BCUT2D eigenvalue weighted by Crippen LogP contribution is 2.29. The van der Waals surface area contributed by atoms with Gasteiger partial charge in [-0.2, -0.15) is 0 Å². The van der Waals surface area contributed by atoms with Crippen LogP contribution in [0.5, 0.6) is 0 Å². The quantitative estimate of drug-likeness (QED) is 0.620. The minimum Gasteiger partial charge on any atom is -0.469 e. The standard InChI is InChI=1S/C13H12ClNO3/c1-18-12(17)6-5-11(16)9-7-15-10-4-2-3-8(10)13(9)14/h2-3,7H,4-6H2,1H3. The number of esters is 1. The first-order chi connectivity index (χ1) is 8.63. The van der Waals surface area contributed by atoms with Crippen molar-refractivity contribution in [3.8, 4) is 0 Å². The van der Waals surface area contributed by atoms with Crippen LogP contribution in [0.2, 0.25) is 5.02 Å².